The molecule has 0 bridgehead atoms. The van der Waals surface area contributed by atoms with E-state index in [0.29, 0.717) is 21.4 Å². The maximum atomic E-state index is 11.8. The SMILES string of the molecule is Cc1occc1C(=O)NNC(=O)c1cc(Cl)cc(Cl)c1. The van der Waals surface area contributed by atoms with Crippen molar-refractivity contribution in [3.05, 3.63) is 57.5 Å². The number of nitrogens with one attached hydrogen (secondary N) is 2. The summed E-state index contributed by atoms with van der Waals surface area (Å²) in [5, 5.41) is 0.666. The number of amides is 2. The number of hydrogen-bond donors (Lipinski definition) is 2. The fourth-order valence-corrected chi connectivity index (χ4v) is 2.08. The molecule has 20 heavy (non-hydrogen) atoms. The van der Waals surface area contributed by atoms with E-state index in [0.717, 1.165) is 0 Å². The average molecular weight is 313 g/mol. The van der Waals surface area contributed by atoms with Gasteiger partial charge in [-0.05, 0) is 31.2 Å². The number of hydrogen-bond acceptors (Lipinski definition) is 3. The van der Waals surface area contributed by atoms with Gasteiger partial charge in [-0.15, -0.1) is 0 Å². The van der Waals surface area contributed by atoms with Crippen LogP contribution in [-0.4, -0.2) is 11.8 Å². The second-order valence-corrected chi connectivity index (χ2v) is 4.83. The summed E-state index contributed by atoms with van der Waals surface area (Å²) < 4.78 is 5.00. The molecule has 0 aliphatic rings. The van der Waals surface area contributed by atoms with Crippen LogP contribution in [0, 0.1) is 6.92 Å². The molecule has 2 rings (SSSR count). The van der Waals surface area contributed by atoms with Gasteiger partial charge in [-0.3, -0.25) is 20.4 Å². The van der Waals surface area contributed by atoms with Gasteiger partial charge in [-0.1, -0.05) is 23.2 Å². The smallest absolute Gasteiger partial charge is 0.273 e. The van der Waals surface area contributed by atoms with E-state index >= 15 is 0 Å². The Kier molecular flexibility index (Phi) is 4.32. The molecule has 0 fully saturated rings. The van der Waals surface area contributed by atoms with Crippen molar-refractivity contribution in [3.8, 4) is 0 Å². The molecule has 0 aliphatic heterocycles. The Morgan fingerprint density at radius 3 is 2.20 bits per heavy atom. The molecule has 1 aromatic heterocycles. The molecule has 2 aromatic rings. The Balaban J connectivity index is 2.02. The molecule has 0 atom stereocenters. The van der Waals surface area contributed by atoms with Crippen molar-refractivity contribution in [3.63, 3.8) is 0 Å². The minimum atomic E-state index is -0.524. The van der Waals surface area contributed by atoms with Crippen LogP contribution in [-0.2, 0) is 0 Å². The van der Waals surface area contributed by atoms with Crippen molar-refractivity contribution >= 4 is 35.0 Å². The Hall–Kier alpha value is -1.98. The zero-order valence-electron chi connectivity index (χ0n) is 10.4. The van der Waals surface area contributed by atoms with E-state index in [9.17, 15) is 9.59 Å². The lowest BCUT2D eigenvalue weighted by atomic mass is 10.2. The molecule has 1 aromatic carbocycles. The summed E-state index contributed by atoms with van der Waals surface area (Å²) in [6.45, 7) is 1.65. The molecule has 2 N–H and O–H groups in total. The minimum Gasteiger partial charge on any atom is -0.469 e. The summed E-state index contributed by atoms with van der Waals surface area (Å²) >= 11 is 11.6. The molecule has 1 heterocycles. The van der Waals surface area contributed by atoms with Gasteiger partial charge in [0.05, 0.1) is 11.8 Å². The van der Waals surface area contributed by atoms with Gasteiger partial charge in [0.2, 0.25) is 0 Å². The highest BCUT2D eigenvalue weighted by Gasteiger charge is 2.13. The first-order chi connectivity index (χ1) is 9.47. The van der Waals surface area contributed by atoms with Crippen LogP contribution >= 0.6 is 23.2 Å². The molecule has 0 unspecified atom stereocenters. The quantitative estimate of drug-likeness (QED) is 0.837. The van der Waals surface area contributed by atoms with Crippen LogP contribution in [0.25, 0.3) is 0 Å². The molecule has 7 heteroatoms. The van der Waals surface area contributed by atoms with Gasteiger partial charge >= 0.3 is 0 Å². The first kappa shape index (κ1) is 14.4. The number of rotatable bonds is 2. The van der Waals surface area contributed by atoms with Gasteiger partial charge in [-0.2, -0.15) is 0 Å². The van der Waals surface area contributed by atoms with Gasteiger partial charge in [0.25, 0.3) is 11.8 Å². The number of carbonyl (C=O) groups is 2. The van der Waals surface area contributed by atoms with Crippen molar-refractivity contribution in [1.29, 1.82) is 0 Å². The van der Waals surface area contributed by atoms with Gasteiger partial charge in [0.1, 0.15) is 5.76 Å². The Bertz CT molecular complexity index is 647. The molecule has 0 saturated carbocycles. The van der Waals surface area contributed by atoms with Crippen molar-refractivity contribution in [1.82, 2.24) is 10.9 Å². The molecular weight excluding hydrogens is 303 g/mol. The normalized spacial score (nSPS) is 10.2. The van der Waals surface area contributed by atoms with Crippen LogP contribution in [0.4, 0.5) is 0 Å². The van der Waals surface area contributed by atoms with E-state index in [-0.39, 0.29) is 5.56 Å². The Morgan fingerprint density at radius 2 is 1.65 bits per heavy atom. The maximum Gasteiger partial charge on any atom is 0.273 e. The fraction of sp³-hybridized carbons (Fsp3) is 0.0769. The van der Waals surface area contributed by atoms with Crippen LogP contribution in [0.2, 0.25) is 10.0 Å². The van der Waals surface area contributed by atoms with E-state index in [1.54, 1.807) is 6.92 Å². The molecule has 0 spiro atoms. The lowest BCUT2D eigenvalue weighted by Gasteiger charge is -2.07. The lowest BCUT2D eigenvalue weighted by Crippen LogP contribution is -2.41. The predicted molar refractivity (Wildman–Crippen MR) is 74.8 cm³/mol. The summed E-state index contributed by atoms with van der Waals surface area (Å²) in [6.07, 6.45) is 1.39. The highest BCUT2D eigenvalue weighted by atomic mass is 35.5. The molecule has 0 aliphatic carbocycles. The monoisotopic (exact) mass is 312 g/mol. The van der Waals surface area contributed by atoms with Crippen LogP contribution < -0.4 is 10.9 Å². The first-order valence-corrected chi connectivity index (χ1v) is 6.34. The summed E-state index contributed by atoms with van der Waals surface area (Å²) in [6, 6.07) is 5.90. The minimum absolute atomic E-state index is 0.242. The topological polar surface area (TPSA) is 71.3 Å². The Labute approximate surface area is 124 Å². The highest BCUT2D eigenvalue weighted by Crippen LogP contribution is 2.18. The predicted octanol–water partition coefficient (Wildman–Crippen LogP) is 2.97. The summed E-state index contributed by atoms with van der Waals surface area (Å²) in [7, 11) is 0. The van der Waals surface area contributed by atoms with Gasteiger partial charge in [-0.25, -0.2) is 0 Å². The number of furan rings is 1. The maximum absolute atomic E-state index is 11.8. The fourth-order valence-electron chi connectivity index (χ4n) is 1.56. The van der Waals surface area contributed by atoms with Crippen LogP contribution in [0.5, 0.6) is 0 Å². The lowest BCUT2D eigenvalue weighted by molar-refractivity contribution is 0.0845. The largest absolute Gasteiger partial charge is 0.469 e. The van der Waals surface area contributed by atoms with Crippen molar-refractivity contribution in [2.45, 2.75) is 6.92 Å². The van der Waals surface area contributed by atoms with Crippen molar-refractivity contribution in [2.75, 3.05) is 0 Å². The molecule has 0 saturated heterocycles. The molecule has 2 amide bonds. The van der Waals surface area contributed by atoms with E-state index < -0.39 is 11.8 Å². The van der Waals surface area contributed by atoms with Crippen LogP contribution in [0.15, 0.2) is 34.9 Å². The number of aryl methyl sites for hydroxylation is 1. The summed E-state index contributed by atoms with van der Waals surface area (Å²) in [5.41, 5.74) is 5.13. The second kappa shape index (κ2) is 5.98. The zero-order chi connectivity index (χ0) is 14.7. The van der Waals surface area contributed by atoms with Crippen molar-refractivity contribution < 1.29 is 14.0 Å². The number of benzene rings is 1. The van der Waals surface area contributed by atoms with Gasteiger partial charge in [0.15, 0.2) is 0 Å². The van der Waals surface area contributed by atoms with Crippen LogP contribution in [0.3, 0.4) is 0 Å². The summed E-state index contributed by atoms with van der Waals surface area (Å²) in [5.74, 6) is -0.538. The second-order valence-electron chi connectivity index (χ2n) is 3.96. The standard InChI is InChI=1S/C13H10Cl2N2O3/c1-7-11(2-3-20-7)13(19)17-16-12(18)8-4-9(14)6-10(15)5-8/h2-6H,1H3,(H,16,18)(H,17,19). The average Bonchev–Trinajstić information content (AvgIpc) is 2.80. The summed E-state index contributed by atoms with van der Waals surface area (Å²) in [4.78, 5) is 23.6. The first-order valence-electron chi connectivity index (χ1n) is 5.58. The van der Waals surface area contributed by atoms with Crippen LogP contribution in [0.1, 0.15) is 26.5 Å². The molecule has 0 radical (unpaired) electrons. The number of hydrazine groups is 1. The number of carbonyl (C=O) groups excluding carboxylic acids is 2. The molecule has 104 valence electrons. The van der Waals surface area contributed by atoms with E-state index in [4.69, 9.17) is 27.6 Å². The number of halogens is 2. The van der Waals surface area contributed by atoms with E-state index in [1.165, 1.54) is 30.5 Å². The molecule has 5 nitrogen and oxygen atoms in total. The Morgan fingerprint density at radius 1 is 1.05 bits per heavy atom. The van der Waals surface area contributed by atoms with Gasteiger partial charge in [0, 0.05) is 15.6 Å². The van der Waals surface area contributed by atoms with E-state index in [2.05, 4.69) is 10.9 Å². The third kappa shape index (κ3) is 3.31. The zero-order valence-corrected chi connectivity index (χ0v) is 11.9. The third-order valence-electron chi connectivity index (χ3n) is 2.52. The third-order valence-corrected chi connectivity index (χ3v) is 2.95. The van der Waals surface area contributed by atoms with E-state index in [1.807, 2.05) is 0 Å². The van der Waals surface area contributed by atoms with Gasteiger partial charge < -0.3 is 4.42 Å². The van der Waals surface area contributed by atoms with Crippen molar-refractivity contribution in [2.24, 2.45) is 0 Å². The highest BCUT2D eigenvalue weighted by molar-refractivity contribution is 6.35. The molecular formula is C13H10Cl2N2O3.